The Morgan fingerprint density at radius 2 is 2.09 bits per heavy atom. The second-order valence-corrected chi connectivity index (χ2v) is 5.76. The van der Waals surface area contributed by atoms with Crippen molar-refractivity contribution in [3.63, 3.8) is 0 Å². The normalized spacial score (nSPS) is 17.5. The number of aliphatic hydroxyl groups is 1. The number of β-amino-alcohol motifs (C(OH)–C–C–N with tert-alkyl or cyclic N) is 1. The van der Waals surface area contributed by atoms with Crippen LogP contribution in [0, 0.1) is 0 Å². The average Bonchev–Trinajstić information content (AvgIpc) is 2.81. The topological polar surface area (TPSA) is 77.5 Å². The maximum absolute atomic E-state index is 12.1. The third-order valence-corrected chi connectivity index (χ3v) is 3.94. The standard InChI is InChI=1S/C16H26N4O2/c1-17-15-10-13(6-7-18-15)16(22)19-11-14(21)12-20-8-4-2-3-5-9-20/h6-7,10,14,21H,2-5,8-9,11-12H2,1H3,(H,17,18)(H,19,22)/t14-/m1/s1. The van der Waals surface area contributed by atoms with E-state index in [-0.39, 0.29) is 12.5 Å². The number of aromatic nitrogens is 1. The van der Waals surface area contributed by atoms with Crippen molar-refractivity contribution in [2.24, 2.45) is 0 Å². The number of aliphatic hydroxyl groups excluding tert-OH is 1. The lowest BCUT2D eigenvalue weighted by atomic mass is 10.2. The lowest BCUT2D eigenvalue weighted by molar-refractivity contribution is 0.0862. The Kier molecular flexibility index (Phi) is 6.61. The van der Waals surface area contributed by atoms with E-state index >= 15 is 0 Å². The van der Waals surface area contributed by atoms with Gasteiger partial charge in [0.1, 0.15) is 5.82 Å². The molecule has 1 aliphatic heterocycles. The zero-order valence-corrected chi connectivity index (χ0v) is 13.2. The number of nitrogens with zero attached hydrogens (tertiary/aromatic N) is 2. The molecule has 0 bridgehead atoms. The predicted octanol–water partition coefficient (Wildman–Crippen LogP) is 1.09. The summed E-state index contributed by atoms with van der Waals surface area (Å²) in [5, 5.41) is 15.8. The van der Waals surface area contributed by atoms with Crippen LogP contribution in [0.15, 0.2) is 18.3 Å². The van der Waals surface area contributed by atoms with E-state index in [1.807, 2.05) is 0 Å². The number of likely N-dealkylation sites (tertiary alicyclic amines) is 1. The number of hydrogen-bond acceptors (Lipinski definition) is 5. The first-order chi connectivity index (χ1) is 10.7. The Labute approximate surface area is 131 Å². The quantitative estimate of drug-likeness (QED) is 0.733. The van der Waals surface area contributed by atoms with E-state index in [1.54, 1.807) is 25.4 Å². The largest absolute Gasteiger partial charge is 0.390 e. The van der Waals surface area contributed by atoms with E-state index < -0.39 is 6.10 Å². The molecular formula is C16H26N4O2. The summed E-state index contributed by atoms with van der Waals surface area (Å²) in [4.78, 5) is 18.4. The SMILES string of the molecule is CNc1cc(C(=O)NC[C@@H](O)CN2CCCCCC2)ccn1. The number of anilines is 1. The highest BCUT2D eigenvalue weighted by Gasteiger charge is 2.15. The molecule has 122 valence electrons. The van der Waals surface area contributed by atoms with Gasteiger partial charge >= 0.3 is 0 Å². The van der Waals surface area contributed by atoms with E-state index in [0.717, 1.165) is 13.1 Å². The minimum Gasteiger partial charge on any atom is -0.390 e. The van der Waals surface area contributed by atoms with Crippen molar-refractivity contribution in [1.29, 1.82) is 0 Å². The minimum absolute atomic E-state index is 0.186. The predicted molar refractivity (Wildman–Crippen MR) is 87.0 cm³/mol. The molecule has 6 heteroatoms. The Morgan fingerprint density at radius 3 is 2.77 bits per heavy atom. The molecule has 0 spiro atoms. The summed E-state index contributed by atoms with van der Waals surface area (Å²) in [6.45, 7) is 2.98. The van der Waals surface area contributed by atoms with Gasteiger partial charge < -0.3 is 20.6 Å². The van der Waals surface area contributed by atoms with Gasteiger partial charge in [-0.15, -0.1) is 0 Å². The van der Waals surface area contributed by atoms with Crippen molar-refractivity contribution in [1.82, 2.24) is 15.2 Å². The van der Waals surface area contributed by atoms with E-state index in [4.69, 9.17) is 0 Å². The van der Waals surface area contributed by atoms with E-state index in [2.05, 4.69) is 20.5 Å². The Bertz CT molecular complexity index is 473. The Hall–Kier alpha value is -1.66. The van der Waals surface area contributed by atoms with Crippen LogP contribution in [-0.4, -0.2) is 60.2 Å². The molecule has 1 aromatic rings. The molecule has 1 amide bonds. The summed E-state index contributed by atoms with van der Waals surface area (Å²) in [6, 6.07) is 3.36. The van der Waals surface area contributed by atoms with Crippen LogP contribution < -0.4 is 10.6 Å². The first-order valence-corrected chi connectivity index (χ1v) is 8.01. The van der Waals surface area contributed by atoms with Gasteiger partial charge in [0.15, 0.2) is 0 Å². The summed E-state index contributed by atoms with van der Waals surface area (Å²) >= 11 is 0. The van der Waals surface area contributed by atoms with Crippen molar-refractivity contribution in [2.45, 2.75) is 31.8 Å². The van der Waals surface area contributed by atoms with Gasteiger partial charge in [-0.2, -0.15) is 0 Å². The van der Waals surface area contributed by atoms with Gasteiger partial charge in [0.05, 0.1) is 6.10 Å². The number of hydrogen-bond donors (Lipinski definition) is 3. The van der Waals surface area contributed by atoms with Gasteiger partial charge in [0.2, 0.25) is 0 Å². The summed E-state index contributed by atoms with van der Waals surface area (Å²) in [5.41, 5.74) is 0.543. The number of nitrogens with one attached hydrogen (secondary N) is 2. The Balaban J connectivity index is 1.77. The van der Waals surface area contributed by atoms with Gasteiger partial charge in [0.25, 0.3) is 5.91 Å². The van der Waals surface area contributed by atoms with Crippen molar-refractivity contribution >= 4 is 11.7 Å². The van der Waals surface area contributed by atoms with E-state index in [1.165, 1.54) is 25.7 Å². The highest BCUT2D eigenvalue weighted by atomic mass is 16.3. The fourth-order valence-corrected chi connectivity index (χ4v) is 2.70. The molecule has 2 rings (SSSR count). The van der Waals surface area contributed by atoms with Crippen LogP contribution in [0.2, 0.25) is 0 Å². The van der Waals surface area contributed by atoms with Crippen LogP contribution in [0.25, 0.3) is 0 Å². The van der Waals surface area contributed by atoms with Crippen molar-refractivity contribution in [2.75, 3.05) is 38.5 Å². The third-order valence-electron chi connectivity index (χ3n) is 3.94. The molecule has 0 saturated carbocycles. The van der Waals surface area contributed by atoms with Crippen molar-refractivity contribution in [3.05, 3.63) is 23.9 Å². The number of pyridine rings is 1. The highest BCUT2D eigenvalue weighted by molar-refractivity contribution is 5.94. The minimum atomic E-state index is -0.535. The number of carbonyl (C=O) groups excluding carboxylic acids is 1. The molecule has 6 nitrogen and oxygen atoms in total. The first-order valence-electron chi connectivity index (χ1n) is 8.01. The number of carbonyl (C=O) groups is 1. The molecule has 1 aliphatic rings. The molecule has 0 aliphatic carbocycles. The molecule has 3 N–H and O–H groups in total. The monoisotopic (exact) mass is 306 g/mol. The van der Waals surface area contributed by atoms with Crippen LogP contribution in [-0.2, 0) is 0 Å². The maximum Gasteiger partial charge on any atom is 0.251 e. The molecule has 22 heavy (non-hydrogen) atoms. The van der Waals surface area contributed by atoms with E-state index in [0.29, 0.717) is 17.9 Å². The van der Waals surface area contributed by atoms with Gasteiger partial charge in [-0.25, -0.2) is 4.98 Å². The highest BCUT2D eigenvalue weighted by Crippen LogP contribution is 2.10. The average molecular weight is 306 g/mol. The van der Waals surface area contributed by atoms with Gasteiger partial charge in [0, 0.05) is 31.9 Å². The number of amides is 1. The van der Waals surface area contributed by atoms with Gasteiger partial charge in [-0.1, -0.05) is 12.8 Å². The van der Waals surface area contributed by atoms with E-state index in [9.17, 15) is 9.90 Å². The second-order valence-electron chi connectivity index (χ2n) is 5.76. The molecule has 0 unspecified atom stereocenters. The summed E-state index contributed by atoms with van der Waals surface area (Å²) in [7, 11) is 1.76. The van der Waals surface area contributed by atoms with Crippen LogP contribution in [0.4, 0.5) is 5.82 Å². The van der Waals surface area contributed by atoms with Crippen LogP contribution in [0.1, 0.15) is 36.0 Å². The van der Waals surface area contributed by atoms with Crippen LogP contribution in [0.5, 0.6) is 0 Å². The third kappa shape index (κ3) is 5.27. The molecule has 0 aromatic carbocycles. The Morgan fingerprint density at radius 1 is 1.36 bits per heavy atom. The lowest BCUT2D eigenvalue weighted by Gasteiger charge is -2.23. The lowest BCUT2D eigenvalue weighted by Crippen LogP contribution is -2.40. The molecule has 1 aromatic heterocycles. The molecule has 1 atom stereocenters. The zero-order valence-electron chi connectivity index (χ0n) is 13.2. The summed E-state index contributed by atoms with van der Waals surface area (Å²) < 4.78 is 0. The van der Waals surface area contributed by atoms with Crippen LogP contribution in [0.3, 0.4) is 0 Å². The molecule has 0 radical (unpaired) electrons. The molecule has 1 fully saturated rings. The zero-order chi connectivity index (χ0) is 15.8. The van der Waals surface area contributed by atoms with Gasteiger partial charge in [-0.3, -0.25) is 4.79 Å². The fourth-order valence-electron chi connectivity index (χ4n) is 2.70. The molecule has 1 saturated heterocycles. The first kappa shape index (κ1) is 16.7. The summed E-state index contributed by atoms with van der Waals surface area (Å²) in [5.74, 6) is 0.464. The van der Waals surface area contributed by atoms with Gasteiger partial charge in [-0.05, 0) is 38.1 Å². The van der Waals surface area contributed by atoms with Crippen molar-refractivity contribution in [3.8, 4) is 0 Å². The van der Waals surface area contributed by atoms with Crippen LogP contribution >= 0.6 is 0 Å². The molecular weight excluding hydrogens is 280 g/mol. The summed E-state index contributed by atoms with van der Waals surface area (Å²) in [6.07, 6.45) is 6.01. The molecule has 2 heterocycles. The smallest absolute Gasteiger partial charge is 0.251 e. The second kappa shape index (κ2) is 8.70. The maximum atomic E-state index is 12.1. The fraction of sp³-hybridized carbons (Fsp3) is 0.625. The van der Waals surface area contributed by atoms with Crippen molar-refractivity contribution < 1.29 is 9.90 Å². The number of rotatable bonds is 6.